The summed E-state index contributed by atoms with van der Waals surface area (Å²) < 4.78 is 6.35. The van der Waals surface area contributed by atoms with Crippen molar-refractivity contribution in [2.75, 3.05) is 11.5 Å². The molecule has 0 unspecified atom stereocenters. The molecule has 0 N–H and O–H groups in total. The molecule has 0 aromatic heterocycles. The van der Waals surface area contributed by atoms with E-state index in [4.69, 9.17) is 4.74 Å². The minimum Gasteiger partial charge on any atom is -0.443 e. The molecule has 3 nitrogen and oxygen atoms in total. The van der Waals surface area contributed by atoms with Crippen LogP contribution in [0.2, 0.25) is 0 Å². The van der Waals surface area contributed by atoms with E-state index in [1.165, 1.54) is 10.7 Å². The highest BCUT2D eigenvalue weighted by Gasteiger charge is 2.09. The van der Waals surface area contributed by atoms with Crippen LogP contribution in [0, 0.1) is 0 Å². The lowest BCUT2D eigenvalue weighted by Gasteiger charge is -2.13. The average Bonchev–Trinajstić information content (AvgIpc) is 2.52. The van der Waals surface area contributed by atoms with Crippen molar-refractivity contribution < 1.29 is 9.53 Å². The number of benzene rings is 1. The SMILES string of the molecule is CC(C=NC(=O)OCc1ccccc1)=C1SCCCS1. The molecule has 0 atom stereocenters. The maximum atomic E-state index is 11.5. The van der Waals surface area contributed by atoms with Gasteiger partial charge in [-0.2, -0.15) is 4.99 Å². The summed E-state index contributed by atoms with van der Waals surface area (Å²) in [5.74, 6) is 2.29. The van der Waals surface area contributed by atoms with E-state index in [2.05, 4.69) is 4.99 Å². The highest BCUT2D eigenvalue weighted by molar-refractivity contribution is 8.22. The normalized spacial score (nSPS) is 15.3. The maximum absolute atomic E-state index is 11.5. The second-order valence-electron chi connectivity index (χ2n) is 4.32. The van der Waals surface area contributed by atoms with Crippen LogP contribution in [0.25, 0.3) is 0 Å². The monoisotopic (exact) mass is 307 g/mol. The summed E-state index contributed by atoms with van der Waals surface area (Å²) in [6.45, 7) is 2.24. The number of carbonyl (C=O) groups is 1. The third kappa shape index (κ3) is 5.06. The zero-order chi connectivity index (χ0) is 14.2. The lowest BCUT2D eigenvalue weighted by molar-refractivity contribution is 0.151. The second-order valence-corrected chi connectivity index (χ2v) is 6.79. The quantitative estimate of drug-likeness (QED) is 0.771. The fourth-order valence-corrected chi connectivity index (χ4v) is 4.14. The van der Waals surface area contributed by atoms with Gasteiger partial charge in [0.05, 0.1) is 0 Å². The zero-order valence-corrected chi connectivity index (χ0v) is 13.0. The smallest absolute Gasteiger partial charge is 0.433 e. The zero-order valence-electron chi connectivity index (χ0n) is 11.4. The van der Waals surface area contributed by atoms with Crippen molar-refractivity contribution in [2.45, 2.75) is 20.0 Å². The number of allylic oxidation sites excluding steroid dienone is 1. The first-order valence-electron chi connectivity index (χ1n) is 6.47. The first-order valence-corrected chi connectivity index (χ1v) is 8.44. The van der Waals surface area contributed by atoms with E-state index in [0.29, 0.717) is 0 Å². The molecule has 0 saturated carbocycles. The highest BCUT2D eigenvalue weighted by Crippen LogP contribution is 2.36. The molecule has 1 heterocycles. The molecular formula is C15H17NO2S2. The Kier molecular flexibility index (Phi) is 6.21. The van der Waals surface area contributed by atoms with Crippen LogP contribution in [0.1, 0.15) is 18.9 Å². The van der Waals surface area contributed by atoms with Crippen molar-refractivity contribution in [1.82, 2.24) is 0 Å². The molecule has 5 heteroatoms. The molecule has 20 heavy (non-hydrogen) atoms. The van der Waals surface area contributed by atoms with E-state index in [1.54, 1.807) is 6.21 Å². The summed E-state index contributed by atoms with van der Waals surface area (Å²) in [6.07, 6.45) is 2.30. The molecule has 1 amide bonds. The number of rotatable bonds is 3. The number of carbonyl (C=O) groups excluding carboxylic acids is 1. The lowest BCUT2D eigenvalue weighted by atomic mass is 10.2. The lowest BCUT2D eigenvalue weighted by Crippen LogP contribution is -2.00. The maximum Gasteiger partial charge on any atom is 0.433 e. The third-order valence-electron chi connectivity index (χ3n) is 2.65. The fraction of sp³-hybridized carbons (Fsp3) is 0.333. The molecule has 0 radical (unpaired) electrons. The van der Waals surface area contributed by atoms with Crippen molar-refractivity contribution in [3.8, 4) is 0 Å². The Hall–Kier alpha value is -1.20. The highest BCUT2D eigenvalue weighted by atomic mass is 32.2. The van der Waals surface area contributed by atoms with Crippen LogP contribution in [-0.4, -0.2) is 23.8 Å². The van der Waals surface area contributed by atoms with Gasteiger partial charge >= 0.3 is 6.09 Å². The van der Waals surface area contributed by atoms with Gasteiger partial charge in [0.25, 0.3) is 0 Å². The van der Waals surface area contributed by atoms with E-state index < -0.39 is 6.09 Å². The van der Waals surface area contributed by atoms with E-state index >= 15 is 0 Å². The van der Waals surface area contributed by atoms with Crippen LogP contribution in [0.5, 0.6) is 0 Å². The van der Waals surface area contributed by atoms with E-state index in [1.807, 2.05) is 60.8 Å². The average molecular weight is 307 g/mol. The van der Waals surface area contributed by atoms with Crippen molar-refractivity contribution in [2.24, 2.45) is 4.99 Å². The van der Waals surface area contributed by atoms with Crippen molar-refractivity contribution in [3.63, 3.8) is 0 Å². The summed E-state index contributed by atoms with van der Waals surface area (Å²) in [4.78, 5) is 15.4. The van der Waals surface area contributed by atoms with Gasteiger partial charge in [0.15, 0.2) is 0 Å². The molecule has 0 bridgehead atoms. The van der Waals surface area contributed by atoms with Crippen LogP contribution in [-0.2, 0) is 11.3 Å². The number of hydrogen-bond acceptors (Lipinski definition) is 4. The summed E-state index contributed by atoms with van der Waals surface area (Å²) >= 11 is 3.66. The van der Waals surface area contributed by atoms with E-state index in [0.717, 1.165) is 22.6 Å². The topological polar surface area (TPSA) is 38.7 Å². The predicted octanol–water partition coefficient (Wildman–Crippen LogP) is 4.50. The number of amides is 1. The molecule has 1 fully saturated rings. The summed E-state index contributed by atoms with van der Waals surface area (Å²) in [7, 11) is 0. The Labute approximate surface area is 127 Å². The molecule has 0 spiro atoms. The Morgan fingerprint density at radius 3 is 2.70 bits per heavy atom. The molecule has 1 aromatic carbocycles. The van der Waals surface area contributed by atoms with Gasteiger partial charge in [0, 0.05) is 10.5 Å². The van der Waals surface area contributed by atoms with Gasteiger partial charge in [-0.3, -0.25) is 0 Å². The van der Waals surface area contributed by atoms with Crippen molar-refractivity contribution in [1.29, 1.82) is 0 Å². The second kappa shape index (κ2) is 8.17. The number of hydrogen-bond donors (Lipinski definition) is 0. The molecule has 1 saturated heterocycles. The first-order chi connectivity index (χ1) is 9.75. The number of aliphatic imine (C=N–C) groups is 1. The molecular weight excluding hydrogens is 290 g/mol. The fourth-order valence-electron chi connectivity index (χ4n) is 1.62. The van der Waals surface area contributed by atoms with Crippen LogP contribution < -0.4 is 0 Å². The minimum atomic E-state index is -0.542. The Bertz CT molecular complexity index is 504. The van der Waals surface area contributed by atoms with Crippen molar-refractivity contribution in [3.05, 3.63) is 45.7 Å². The number of ether oxygens (including phenoxy) is 1. The van der Waals surface area contributed by atoms with Gasteiger partial charge in [-0.1, -0.05) is 30.3 Å². The Morgan fingerprint density at radius 2 is 2.00 bits per heavy atom. The van der Waals surface area contributed by atoms with Gasteiger partial charge in [0.1, 0.15) is 6.61 Å². The van der Waals surface area contributed by atoms with E-state index in [9.17, 15) is 4.79 Å². The van der Waals surface area contributed by atoms with E-state index in [-0.39, 0.29) is 6.61 Å². The van der Waals surface area contributed by atoms with Crippen LogP contribution in [0.4, 0.5) is 4.79 Å². The molecule has 1 aliphatic rings. The van der Waals surface area contributed by atoms with Crippen LogP contribution >= 0.6 is 23.5 Å². The minimum absolute atomic E-state index is 0.260. The standard InChI is InChI=1S/C15H17NO2S2/c1-12(14-19-8-5-9-20-14)10-16-15(17)18-11-13-6-3-2-4-7-13/h2-4,6-7,10H,5,8-9,11H2,1H3. The summed E-state index contributed by atoms with van der Waals surface area (Å²) in [5, 5.41) is 0. The van der Waals surface area contributed by atoms with Gasteiger partial charge in [-0.15, -0.1) is 23.5 Å². The predicted molar refractivity (Wildman–Crippen MR) is 87.4 cm³/mol. The molecule has 0 aliphatic carbocycles. The number of thioether (sulfide) groups is 2. The summed E-state index contributed by atoms with van der Waals surface area (Å²) in [6, 6.07) is 9.59. The van der Waals surface area contributed by atoms with Gasteiger partial charge in [-0.05, 0) is 36.0 Å². The Balaban J connectivity index is 1.83. The van der Waals surface area contributed by atoms with Crippen molar-refractivity contribution >= 4 is 35.8 Å². The molecule has 1 aliphatic heterocycles. The largest absolute Gasteiger partial charge is 0.443 e. The van der Waals surface area contributed by atoms with Crippen LogP contribution in [0.3, 0.4) is 0 Å². The van der Waals surface area contributed by atoms with Gasteiger partial charge in [0.2, 0.25) is 0 Å². The van der Waals surface area contributed by atoms with Gasteiger partial charge < -0.3 is 4.74 Å². The molecule has 1 aromatic rings. The first kappa shape index (κ1) is 15.2. The number of nitrogens with zero attached hydrogens (tertiary/aromatic N) is 1. The van der Waals surface area contributed by atoms with Gasteiger partial charge in [-0.25, -0.2) is 4.79 Å². The van der Waals surface area contributed by atoms with Crippen LogP contribution in [0.15, 0.2) is 45.1 Å². The molecule has 2 rings (SSSR count). The summed E-state index contributed by atoms with van der Waals surface area (Å²) in [5.41, 5.74) is 2.00. The molecule has 106 valence electrons. The Morgan fingerprint density at radius 1 is 1.30 bits per heavy atom. The third-order valence-corrected chi connectivity index (χ3v) is 5.51.